The van der Waals surface area contributed by atoms with E-state index in [9.17, 15) is 9.90 Å². The molecule has 7 nitrogen and oxygen atoms in total. The van der Waals surface area contributed by atoms with Gasteiger partial charge in [-0.05, 0) is 59.5 Å². The lowest BCUT2D eigenvalue weighted by atomic mass is 9.66. The highest BCUT2D eigenvalue weighted by Crippen LogP contribution is 2.48. The number of rotatable bonds is 8. The summed E-state index contributed by atoms with van der Waals surface area (Å²) in [5, 5.41) is 13.6. The molecule has 0 saturated heterocycles. The SMILES string of the molecule is COc1ccc([C@@H]2c3cc(OC)c(OC)cc3C[C@@H](C(=O)Nc3ccccc3)[C@H]2CO)cc1OC. The Morgan fingerprint density at radius 3 is 2.11 bits per heavy atom. The van der Waals surface area contributed by atoms with Crippen LogP contribution in [0.25, 0.3) is 0 Å². The molecule has 0 aliphatic heterocycles. The number of anilines is 1. The smallest absolute Gasteiger partial charge is 0.228 e. The minimum absolute atomic E-state index is 0.138. The predicted molar refractivity (Wildman–Crippen MR) is 134 cm³/mol. The van der Waals surface area contributed by atoms with Crippen molar-refractivity contribution in [2.45, 2.75) is 12.3 Å². The average Bonchev–Trinajstić information content (AvgIpc) is 2.91. The molecule has 0 fully saturated rings. The summed E-state index contributed by atoms with van der Waals surface area (Å²) < 4.78 is 22.1. The molecule has 7 heteroatoms. The molecule has 3 aromatic carbocycles. The molecule has 0 bridgehead atoms. The van der Waals surface area contributed by atoms with E-state index in [-0.39, 0.29) is 24.3 Å². The fraction of sp³-hybridized carbons (Fsp3) is 0.321. The number of para-hydroxylation sites is 1. The number of nitrogens with one attached hydrogen (secondary N) is 1. The van der Waals surface area contributed by atoms with Crippen molar-refractivity contribution in [3.05, 3.63) is 77.4 Å². The van der Waals surface area contributed by atoms with Gasteiger partial charge < -0.3 is 29.4 Å². The number of hydrogen-bond acceptors (Lipinski definition) is 6. The van der Waals surface area contributed by atoms with Gasteiger partial charge in [-0.15, -0.1) is 0 Å². The zero-order valence-electron chi connectivity index (χ0n) is 20.4. The van der Waals surface area contributed by atoms with Gasteiger partial charge in [-0.25, -0.2) is 0 Å². The first kappa shape index (κ1) is 24.4. The molecule has 0 radical (unpaired) electrons. The molecular formula is C28H31NO6. The van der Waals surface area contributed by atoms with E-state index < -0.39 is 5.92 Å². The second-order valence-electron chi connectivity index (χ2n) is 8.51. The van der Waals surface area contributed by atoms with Crippen LogP contribution in [0.1, 0.15) is 22.6 Å². The minimum Gasteiger partial charge on any atom is -0.493 e. The lowest BCUT2D eigenvalue weighted by molar-refractivity contribution is -0.122. The molecule has 0 unspecified atom stereocenters. The van der Waals surface area contributed by atoms with E-state index in [1.54, 1.807) is 28.4 Å². The fourth-order valence-corrected chi connectivity index (χ4v) is 5.00. The van der Waals surface area contributed by atoms with Gasteiger partial charge in [0, 0.05) is 30.0 Å². The van der Waals surface area contributed by atoms with Gasteiger partial charge >= 0.3 is 0 Å². The van der Waals surface area contributed by atoms with Crippen LogP contribution in [0, 0.1) is 11.8 Å². The van der Waals surface area contributed by atoms with Crippen LogP contribution in [0.4, 0.5) is 5.69 Å². The number of aliphatic hydroxyl groups is 1. The zero-order chi connectivity index (χ0) is 24.9. The zero-order valence-corrected chi connectivity index (χ0v) is 20.4. The topological polar surface area (TPSA) is 86.3 Å². The highest BCUT2D eigenvalue weighted by Gasteiger charge is 2.42. The molecule has 0 spiro atoms. The Balaban J connectivity index is 1.84. The van der Waals surface area contributed by atoms with Crippen LogP contribution in [0.5, 0.6) is 23.0 Å². The van der Waals surface area contributed by atoms with Gasteiger partial charge in [0.15, 0.2) is 23.0 Å². The third-order valence-corrected chi connectivity index (χ3v) is 6.72. The Morgan fingerprint density at radius 1 is 0.857 bits per heavy atom. The van der Waals surface area contributed by atoms with Crippen molar-refractivity contribution in [3.63, 3.8) is 0 Å². The standard InChI is InChI=1S/C28H31NO6/c1-32-23-11-10-17(13-24(23)33-2)27-20-15-26(35-4)25(34-3)14-18(20)12-21(22(27)16-30)28(31)29-19-8-6-5-7-9-19/h5-11,13-15,21-22,27,30H,12,16H2,1-4H3,(H,29,31)/t21-,22-,27-/m1/s1. The summed E-state index contributed by atoms with van der Waals surface area (Å²) in [6.45, 7) is -0.167. The first-order valence-corrected chi connectivity index (χ1v) is 11.5. The first-order valence-electron chi connectivity index (χ1n) is 11.5. The van der Waals surface area contributed by atoms with Gasteiger partial charge in [0.1, 0.15) is 0 Å². The molecule has 1 aliphatic rings. The number of amides is 1. The van der Waals surface area contributed by atoms with E-state index >= 15 is 0 Å². The Hall–Kier alpha value is -3.71. The number of methoxy groups -OCH3 is 4. The van der Waals surface area contributed by atoms with Crippen LogP contribution < -0.4 is 24.3 Å². The van der Waals surface area contributed by atoms with Gasteiger partial charge in [-0.3, -0.25) is 4.79 Å². The lowest BCUT2D eigenvalue weighted by Crippen LogP contribution is -2.40. The van der Waals surface area contributed by atoms with E-state index in [1.807, 2.05) is 60.7 Å². The Bertz CT molecular complexity index is 1180. The van der Waals surface area contributed by atoms with Gasteiger partial charge in [0.25, 0.3) is 0 Å². The van der Waals surface area contributed by atoms with Crippen molar-refractivity contribution in [2.24, 2.45) is 11.8 Å². The van der Waals surface area contributed by atoms with Crippen LogP contribution in [0.15, 0.2) is 60.7 Å². The fourth-order valence-electron chi connectivity index (χ4n) is 5.00. The maximum Gasteiger partial charge on any atom is 0.228 e. The molecule has 35 heavy (non-hydrogen) atoms. The molecule has 0 saturated carbocycles. The largest absolute Gasteiger partial charge is 0.493 e. The van der Waals surface area contributed by atoms with Gasteiger partial charge in [0.05, 0.1) is 28.4 Å². The molecule has 0 aromatic heterocycles. The Kier molecular flexibility index (Phi) is 7.46. The van der Waals surface area contributed by atoms with Crippen LogP contribution in [-0.2, 0) is 11.2 Å². The van der Waals surface area contributed by atoms with Crippen LogP contribution >= 0.6 is 0 Å². The molecule has 184 valence electrons. The van der Waals surface area contributed by atoms with Crippen LogP contribution in [0.3, 0.4) is 0 Å². The third kappa shape index (κ3) is 4.77. The molecule has 2 N–H and O–H groups in total. The number of carbonyl (C=O) groups is 1. The van der Waals surface area contributed by atoms with Crippen molar-refractivity contribution < 1.29 is 28.8 Å². The number of hydrogen-bond donors (Lipinski definition) is 2. The summed E-state index contributed by atoms with van der Waals surface area (Å²) in [7, 11) is 6.36. The quantitative estimate of drug-likeness (QED) is 0.504. The van der Waals surface area contributed by atoms with Crippen LogP contribution in [0.2, 0.25) is 0 Å². The molecule has 0 heterocycles. The predicted octanol–water partition coefficient (Wildman–Crippen LogP) is 4.27. The number of aliphatic hydroxyl groups excluding tert-OH is 1. The van der Waals surface area contributed by atoms with Gasteiger partial charge in [0.2, 0.25) is 5.91 Å². The molecule has 1 aliphatic carbocycles. The Labute approximate surface area is 205 Å². The second-order valence-corrected chi connectivity index (χ2v) is 8.51. The number of ether oxygens (including phenoxy) is 4. The molecule has 3 aromatic rings. The van der Waals surface area contributed by atoms with Crippen molar-refractivity contribution in [1.29, 1.82) is 0 Å². The van der Waals surface area contributed by atoms with Crippen molar-refractivity contribution in [2.75, 3.05) is 40.4 Å². The number of carbonyl (C=O) groups excluding carboxylic acids is 1. The third-order valence-electron chi connectivity index (χ3n) is 6.72. The van der Waals surface area contributed by atoms with Crippen LogP contribution in [-0.4, -0.2) is 46.1 Å². The minimum atomic E-state index is -0.469. The summed E-state index contributed by atoms with van der Waals surface area (Å²) in [6, 6.07) is 18.9. The highest BCUT2D eigenvalue weighted by molar-refractivity contribution is 5.93. The lowest BCUT2D eigenvalue weighted by Gasteiger charge is -2.39. The van der Waals surface area contributed by atoms with E-state index in [0.29, 0.717) is 29.4 Å². The van der Waals surface area contributed by atoms with E-state index in [0.717, 1.165) is 22.4 Å². The molecule has 4 rings (SSSR count). The highest BCUT2D eigenvalue weighted by atomic mass is 16.5. The monoisotopic (exact) mass is 477 g/mol. The van der Waals surface area contributed by atoms with E-state index in [4.69, 9.17) is 18.9 Å². The number of fused-ring (bicyclic) bond motifs is 1. The van der Waals surface area contributed by atoms with Gasteiger partial charge in [-0.1, -0.05) is 24.3 Å². The summed E-state index contributed by atoms with van der Waals surface area (Å²) in [5.41, 5.74) is 3.58. The summed E-state index contributed by atoms with van der Waals surface area (Å²) in [6.07, 6.45) is 0.462. The van der Waals surface area contributed by atoms with E-state index in [2.05, 4.69) is 5.32 Å². The maximum atomic E-state index is 13.5. The van der Waals surface area contributed by atoms with Crippen molar-refractivity contribution in [3.8, 4) is 23.0 Å². The number of benzene rings is 3. The second kappa shape index (κ2) is 10.7. The Morgan fingerprint density at radius 2 is 1.49 bits per heavy atom. The van der Waals surface area contributed by atoms with Crippen molar-refractivity contribution in [1.82, 2.24) is 0 Å². The summed E-state index contributed by atoms with van der Waals surface area (Å²) in [5.74, 6) is 1.13. The maximum absolute atomic E-state index is 13.5. The van der Waals surface area contributed by atoms with Crippen molar-refractivity contribution >= 4 is 11.6 Å². The first-order chi connectivity index (χ1) is 17.0. The molecule has 3 atom stereocenters. The molecule has 1 amide bonds. The van der Waals surface area contributed by atoms with Gasteiger partial charge in [-0.2, -0.15) is 0 Å². The van der Waals surface area contributed by atoms with E-state index in [1.165, 1.54) is 0 Å². The summed E-state index contributed by atoms with van der Waals surface area (Å²) >= 11 is 0. The average molecular weight is 478 g/mol. The normalized spacial score (nSPS) is 18.8. The molecular weight excluding hydrogens is 446 g/mol. The summed E-state index contributed by atoms with van der Waals surface area (Å²) in [4.78, 5) is 13.5.